The van der Waals surface area contributed by atoms with Gasteiger partial charge in [-0.15, -0.1) is 24.0 Å². The van der Waals surface area contributed by atoms with Gasteiger partial charge >= 0.3 is 0 Å². The fourth-order valence-corrected chi connectivity index (χ4v) is 3.51. The van der Waals surface area contributed by atoms with E-state index in [1.165, 1.54) is 12.1 Å². The highest BCUT2D eigenvalue weighted by molar-refractivity contribution is 14.0. The summed E-state index contributed by atoms with van der Waals surface area (Å²) in [6.07, 6.45) is 2.90. The Labute approximate surface area is 213 Å². The molecular formula is C25H35FIN3O3. The predicted molar refractivity (Wildman–Crippen MR) is 140 cm³/mol. The summed E-state index contributed by atoms with van der Waals surface area (Å²) in [5.41, 5.74) is 2.32. The summed E-state index contributed by atoms with van der Waals surface area (Å²) in [5.74, 6) is 0.916. The van der Waals surface area contributed by atoms with Crippen molar-refractivity contribution in [1.29, 1.82) is 0 Å². The Hall–Kier alpha value is -1.91. The number of hydrogen-bond donors (Lipinski definition) is 2. The van der Waals surface area contributed by atoms with Gasteiger partial charge in [0, 0.05) is 32.9 Å². The number of benzene rings is 2. The summed E-state index contributed by atoms with van der Waals surface area (Å²) in [7, 11) is 1.74. The van der Waals surface area contributed by atoms with Crippen LogP contribution in [0.1, 0.15) is 37.3 Å². The Morgan fingerprint density at radius 1 is 1.12 bits per heavy atom. The van der Waals surface area contributed by atoms with E-state index in [1.54, 1.807) is 19.2 Å². The number of halogens is 2. The summed E-state index contributed by atoms with van der Waals surface area (Å²) in [4.78, 5) is 4.29. The van der Waals surface area contributed by atoms with Gasteiger partial charge in [0.1, 0.15) is 17.7 Å². The van der Waals surface area contributed by atoms with E-state index in [9.17, 15) is 4.39 Å². The van der Waals surface area contributed by atoms with Crippen LogP contribution in [0.15, 0.2) is 53.5 Å². The zero-order valence-electron chi connectivity index (χ0n) is 19.4. The maximum Gasteiger partial charge on any atom is 0.191 e. The first-order valence-corrected chi connectivity index (χ1v) is 11.3. The van der Waals surface area contributed by atoms with Crippen LogP contribution in [0.5, 0.6) is 5.75 Å². The second-order valence-corrected chi connectivity index (χ2v) is 7.85. The average Bonchev–Trinajstić information content (AvgIpc) is 2.83. The third-order valence-electron chi connectivity index (χ3n) is 5.38. The van der Waals surface area contributed by atoms with Crippen molar-refractivity contribution < 1.29 is 18.6 Å². The Morgan fingerprint density at radius 2 is 1.88 bits per heavy atom. The zero-order chi connectivity index (χ0) is 22.6. The third kappa shape index (κ3) is 9.85. The van der Waals surface area contributed by atoms with Crippen molar-refractivity contribution in [3.05, 3.63) is 65.5 Å². The molecule has 1 saturated heterocycles. The standard InChI is InChI=1S/C25H34FN3O3.HI/c1-3-22(32-24-9-5-8-21(26)15-24)17-29-25(27-2)28-16-19-6-4-7-20(14-19)18-31-23-10-12-30-13-11-23;/h4-9,14-15,22-23H,3,10-13,16-18H2,1-2H3,(H2,27,28,29);1H. The van der Waals surface area contributed by atoms with Gasteiger partial charge in [0.15, 0.2) is 5.96 Å². The van der Waals surface area contributed by atoms with Crippen LogP contribution in [-0.4, -0.2) is 45.0 Å². The summed E-state index contributed by atoms with van der Waals surface area (Å²) in [6.45, 7) is 5.43. The number of aliphatic imine (C=N–C) groups is 1. The van der Waals surface area contributed by atoms with Crippen molar-refractivity contribution in [2.24, 2.45) is 4.99 Å². The SMILES string of the molecule is CCC(CNC(=NC)NCc1cccc(COC2CCOCC2)c1)Oc1cccc(F)c1.I. The molecule has 1 heterocycles. The van der Waals surface area contributed by atoms with Gasteiger partial charge in [-0.3, -0.25) is 4.99 Å². The highest BCUT2D eigenvalue weighted by atomic mass is 127. The molecule has 33 heavy (non-hydrogen) atoms. The van der Waals surface area contributed by atoms with Crippen LogP contribution in [0.4, 0.5) is 4.39 Å². The maximum atomic E-state index is 13.4. The molecule has 1 aliphatic heterocycles. The van der Waals surface area contributed by atoms with E-state index in [2.05, 4.69) is 39.9 Å². The molecule has 0 bridgehead atoms. The molecule has 0 amide bonds. The Morgan fingerprint density at radius 3 is 2.61 bits per heavy atom. The van der Waals surface area contributed by atoms with Gasteiger partial charge < -0.3 is 24.8 Å². The third-order valence-corrected chi connectivity index (χ3v) is 5.38. The number of nitrogens with one attached hydrogen (secondary N) is 2. The first-order valence-electron chi connectivity index (χ1n) is 11.3. The summed E-state index contributed by atoms with van der Waals surface area (Å²) in [6, 6.07) is 14.6. The normalized spacial score (nSPS) is 15.4. The largest absolute Gasteiger partial charge is 0.489 e. The molecule has 0 aromatic heterocycles. The van der Waals surface area contributed by atoms with Crippen molar-refractivity contribution in [1.82, 2.24) is 10.6 Å². The molecule has 1 unspecified atom stereocenters. The average molecular weight is 571 g/mol. The van der Waals surface area contributed by atoms with Crippen molar-refractivity contribution >= 4 is 29.9 Å². The molecule has 2 N–H and O–H groups in total. The minimum atomic E-state index is -0.303. The number of guanidine groups is 1. The van der Waals surface area contributed by atoms with Crippen LogP contribution in [-0.2, 0) is 22.6 Å². The van der Waals surface area contributed by atoms with Crippen molar-refractivity contribution in [3.63, 3.8) is 0 Å². The zero-order valence-corrected chi connectivity index (χ0v) is 21.7. The Balaban J connectivity index is 0.00000385. The van der Waals surface area contributed by atoms with Crippen molar-refractivity contribution in [2.75, 3.05) is 26.8 Å². The van der Waals surface area contributed by atoms with Crippen molar-refractivity contribution in [3.8, 4) is 5.75 Å². The molecule has 8 heteroatoms. The summed E-state index contributed by atoms with van der Waals surface area (Å²) >= 11 is 0. The second-order valence-electron chi connectivity index (χ2n) is 7.85. The lowest BCUT2D eigenvalue weighted by molar-refractivity contribution is -0.0390. The van der Waals surface area contributed by atoms with E-state index in [4.69, 9.17) is 14.2 Å². The number of ether oxygens (including phenoxy) is 3. The van der Waals surface area contributed by atoms with E-state index < -0.39 is 0 Å². The predicted octanol–water partition coefficient (Wildman–Crippen LogP) is 4.66. The van der Waals surface area contributed by atoms with Gasteiger partial charge in [0.05, 0.1) is 19.3 Å². The van der Waals surface area contributed by atoms with E-state index in [1.807, 2.05) is 6.92 Å². The number of rotatable bonds is 10. The molecule has 0 aliphatic carbocycles. The van der Waals surface area contributed by atoms with Crippen LogP contribution in [0.2, 0.25) is 0 Å². The van der Waals surface area contributed by atoms with Crippen LogP contribution in [0.3, 0.4) is 0 Å². The highest BCUT2D eigenvalue weighted by Gasteiger charge is 2.14. The Kier molecular flexibility index (Phi) is 12.5. The quantitative estimate of drug-likeness (QED) is 0.247. The molecule has 0 radical (unpaired) electrons. The maximum absolute atomic E-state index is 13.4. The molecule has 2 aromatic rings. The number of nitrogens with zero attached hydrogens (tertiary/aromatic N) is 1. The molecule has 1 fully saturated rings. The molecule has 0 saturated carbocycles. The van der Waals surface area contributed by atoms with Crippen LogP contribution in [0, 0.1) is 5.82 Å². The fourth-order valence-electron chi connectivity index (χ4n) is 3.51. The molecule has 6 nitrogen and oxygen atoms in total. The molecule has 0 spiro atoms. The minimum absolute atomic E-state index is 0. The van der Waals surface area contributed by atoms with Gasteiger partial charge in [-0.05, 0) is 42.5 Å². The van der Waals surface area contributed by atoms with Gasteiger partial charge in [-0.1, -0.05) is 37.3 Å². The summed E-state index contributed by atoms with van der Waals surface area (Å²) < 4.78 is 30.7. The van der Waals surface area contributed by atoms with Gasteiger partial charge in [-0.2, -0.15) is 0 Å². The second kappa shape index (κ2) is 15.1. The first-order chi connectivity index (χ1) is 15.7. The fraction of sp³-hybridized carbons (Fsp3) is 0.480. The minimum Gasteiger partial charge on any atom is -0.489 e. The molecule has 1 atom stereocenters. The molecular weight excluding hydrogens is 536 g/mol. The van der Waals surface area contributed by atoms with Crippen LogP contribution in [0.25, 0.3) is 0 Å². The lowest BCUT2D eigenvalue weighted by Crippen LogP contribution is -2.42. The van der Waals surface area contributed by atoms with Gasteiger partial charge in [-0.25, -0.2) is 4.39 Å². The van der Waals surface area contributed by atoms with Gasteiger partial charge in [0.25, 0.3) is 0 Å². The topological polar surface area (TPSA) is 64.1 Å². The van der Waals surface area contributed by atoms with E-state index in [0.29, 0.717) is 31.4 Å². The Bertz CT molecular complexity index is 862. The van der Waals surface area contributed by atoms with E-state index in [-0.39, 0.29) is 42.0 Å². The van der Waals surface area contributed by atoms with Crippen LogP contribution >= 0.6 is 24.0 Å². The van der Waals surface area contributed by atoms with E-state index >= 15 is 0 Å². The number of hydrogen-bond acceptors (Lipinski definition) is 4. The smallest absolute Gasteiger partial charge is 0.191 e. The first kappa shape index (κ1) is 27.3. The van der Waals surface area contributed by atoms with E-state index in [0.717, 1.165) is 43.6 Å². The molecule has 2 aromatic carbocycles. The highest BCUT2D eigenvalue weighted by Crippen LogP contribution is 2.15. The summed E-state index contributed by atoms with van der Waals surface area (Å²) in [5, 5.41) is 6.63. The van der Waals surface area contributed by atoms with Gasteiger partial charge in [0.2, 0.25) is 0 Å². The molecule has 1 aliphatic rings. The van der Waals surface area contributed by atoms with Crippen LogP contribution < -0.4 is 15.4 Å². The monoisotopic (exact) mass is 571 g/mol. The molecule has 182 valence electrons. The molecule has 3 rings (SSSR count). The van der Waals surface area contributed by atoms with Crippen molar-refractivity contribution in [2.45, 2.75) is 51.5 Å². The lowest BCUT2D eigenvalue weighted by Gasteiger charge is -2.22. The lowest BCUT2D eigenvalue weighted by atomic mass is 10.1.